The summed E-state index contributed by atoms with van der Waals surface area (Å²) >= 11 is 0. The molecule has 1 atom stereocenters. The standard InChI is InChI=1S/C16H16F3N3O2/c17-16(18,19)13-7-3-4-8-22(13)14(23)9-21-10-20-12-6-2-1-5-11(12)15(21)24/h1-2,5-6,10,13H,3-4,7-9H2. The molecule has 1 aliphatic heterocycles. The zero-order valence-electron chi connectivity index (χ0n) is 12.8. The molecule has 2 aromatic rings. The second-order valence-electron chi connectivity index (χ2n) is 5.84. The highest BCUT2D eigenvalue weighted by atomic mass is 19.4. The Labute approximate surface area is 135 Å². The molecule has 1 aromatic heterocycles. The Morgan fingerprint density at radius 3 is 2.75 bits per heavy atom. The lowest BCUT2D eigenvalue weighted by molar-refractivity contribution is -0.196. The van der Waals surface area contributed by atoms with Gasteiger partial charge in [0.1, 0.15) is 12.6 Å². The van der Waals surface area contributed by atoms with E-state index in [2.05, 4.69) is 4.98 Å². The third-order valence-corrected chi connectivity index (χ3v) is 4.24. The molecule has 5 nitrogen and oxygen atoms in total. The molecule has 24 heavy (non-hydrogen) atoms. The van der Waals surface area contributed by atoms with Gasteiger partial charge in [0.25, 0.3) is 5.56 Å². The van der Waals surface area contributed by atoms with Gasteiger partial charge in [-0.25, -0.2) is 4.98 Å². The second kappa shape index (κ2) is 6.26. The molecule has 1 fully saturated rings. The Bertz CT molecular complexity index is 816. The van der Waals surface area contributed by atoms with Gasteiger partial charge in [-0.15, -0.1) is 0 Å². The number of carbonyl (C=O) groups is 1. The number of alkyl halides is 3. The number of para-hydroxylation sites is 1. The lowest BCUT2D eigenvalue weighted by Crippen LogP contribution is -2.52. The van der Waals surface area contributed by atoms with Crippen molar-refractivity contribution in [3.8, 4) is 0 Å². The Kier molecular flexibility index (Phi) is 4.29. The fourth-order valence-corrected chi connectivity index (χ4v) is 3.03. The van der Waals surface area contributed by atoms with Crippen LogP contribution in [0.2, 0.25) is 0 Å². The van der Waals surface area contributed by atoms with Crippen molar-refractivity contribution in [3.63, 3.8) is 0 Å². The van der Waals surface area contributed by atoms with Crippen molar-refractivity contribution in [2.24, 2.45) is 0 Å². The highest BCUT2D eigenvalue weighted by Gasteiger charge is 2.46. The maximum absolute atomic E-state index is 13.1. The molecule has 2 heterocycles. The van der Waals surface area contributed by atoms with Gasteiger partial charge in [0.2, 0.25) is 5.91 Å². The summed E-state index contributed by atoms with van der Waals surface area (Å²) in [5.74, 6) is -0.712. The van der Waals surface area contributed by atoms with Gasteiger partial charge in [-0.3, -0.25) is 14.2 Å². The molecule has 128 valence electrons. The summed E-state index contributed by atoms with van der Waals surface area (Å²) in [6.07, 6.45) is -2.38. The second-order valence-corrected chi connectivity index (χ2v) is 5.84. The number of hydrogen-bond acceptors (Lipinski definition) is 3. The monoisotopic (exact) mass is 339 g/mol. The molecule has 3 rings (SSSR count). The Morgan fingerprint density at radius 2 is 2.00 bits per heavy atom. The number of likely N-dealkylation sites (tertiary alicyclic amines) is 1. The molecular formula is C16H16F3N3O2. The molecular weight excluding hydrogens is 323 g/mol. The van der Waals surface area contributed by atoms with Crippen LogP contribution in [0.15, 0.2) is 35.4 Å². The Morgan fingerprint density at radius 1 is 1.25 bits per heavy atom. The van der Waals surface area contributed by atoms with Crippen LogP contribution in [0.1, 0.15) is 19.3 Å². The third-order valence-electron chi connectivity index (χ3n) is 4.24. The van der Waals surface area contributed by atoms with E-state index in [0.717, 1.165) is 9.47 Å². The number of rotatable bonds is 2. The Balaban J connectivity index is 1.86. The van der Waals surface area contributed by atoms with E-state index in [1.165, 1.54) is 6.33 Å². The van der Waals surface area contributed by atoms with Crippen LogP contribution < -0.4 is 5.56 Å². The van der Waals surface area contributed by atoms with Crippen molar-refractivity contribution in [1.29, 1.82) is 0 Å². The highest BCUT2D eigenvalue weighted by molar-refractivity contribution is 5.79. The van der Waals surface area contributed by atoms with Gasteiger partial charge >= 0.3 is 6.18 Å². The van der Waals surface area contributed by atoms with Crippen LogP contribution in [-0.4, -0.2) is 39.1 Å². The summed E-state index contributed by atoms with van der Waals surface area (Å²) in [6.45, 7) is -0.387. The SMILES string of the molecule is O=C(Cn1cnc2ccccc2c1=O)N1CCCCC1C(F)(F)F. The molecule has 1 unspecified atom stereocenters. The molecule has 1 aliphatic rings. The van der Waals surface area contributed by atoms with E-state index in [0.29, 0.717) is 23.7 Å². The summed E-state index contributed by atoms with van der Waals surface area (Å²) in [4.78, 5) is 29.6. The zero-order valence-corrected chi connectivity index (χ0v) is 12.8. The number of nitrogens with zero attached hydrogens (tertiary/aromatic N) is 3. The predicted molar refractivity (Wildman–Crippen MR) is 81.4 cm³/mol. The zero-order chi connectivity index (χ0) is 17.3. The van der Waals surface area contributed by atoms with Gasteiger partial charge in [0, 0.05) is 6.54 Å². The molecule has 0 bridgehead atoms. The van der Waals surface area contributed by atoms with Crippen molar-refractivity contribution in [3.05, 3.63) is 40.9 Å². The van der Waals surface area contributed by atoms with Crippen LogP contribution >= 0.6 is 0 Å². The Hall–Kier alpha value is -2.38. The molecule has 1 aromatic carbocycles. The summed E-state index contributed by atoms with van der Waals surface area (Å²) in [6, 6.07) is 4.86. The quantitative estimate of drug-likeness (QED) is 0.844. The molecule has 0 N–H and O–H groups in total. The third kappa shape index (κ3) is 3.13. The molecule has 0 spiro atoms. The minimum Gasteiger partial charge on any atom is -0.329 e. The average molecular weight is 339 g/mol. The lowest BCUT2D eigenvalue weighted by Gasteiger charge is -2.36. The molecule has 1 saturated heterocycles. The van der Waals surface area contributed by atoms with E-state index in [1.807, 2.05) is 0 Å². The highest BCUT2D eigenvalue weighted by Crippen LogP contribution is 2.31. The summed E-state index contributed by atoms with van der Waals surface area (Å²) in [7, 11) is 0. The predicted octanol–water partition coefficient (Wildman–Crippen LogP) is 2.34. The molecule has 8 heteroatoms. The minimum atomic E-state index is -4.46. The number of halogens is 3. The van der Waals surface area contributed by atoms with Crippen LogP contribution in [0, 0.1) is 0 Å². The van der Waals surface area contributed by atoms with Gasteiger partial charge in [-0.1, -0.05) is 12.1 Å². The van der Waals surface area contributed by atoms with Gasteiger partial charge in [0.05, 0.1) is 17.2 Å². The van der Waals surface area contributed by atoms with E-state index in [9.17, 15) is 22.8 Å². The van der Waals surface area contributed by atoms with E-state index < -0.39 is 30.2 Å². The summed E-state index contributed by atoms with van der Waals surface area (Å²) in [5, 5.41) is 0.332. The van der Waals surface area contributed by atoms with Gasteiger partial charge < -0.3 is 4.90 Å². The van der Waals surface area contributed by atoms with Crippen molar-refractivity contribution in [2.75, 3.05) is 6.54 Å². The number of hydrogen-bond donors (Lipinski definition) is 0. The van der Waals surface area contributed by atoms with Crippen LogP contribution in [0.4, 0.5) is 13.2 Å². The number of fused-ring (bicyclic) bond motifs is 1. The number of aromatic nitrogens is 2. The van der Waals surface area contributed by atoms with Crippen LogP contribution in [0.3, 0.4) is 0 Å². The smallest absolute Gasteiger partial charge is 0.329 e. The number of amides is 1. The van der Waals surface area contributed by atoms with Crippen LogP contribution in [-0.2, 0) is 11.3 Å². The normalized spacial score (nSPS) is 18.8. The lowest BCUT2D eigenvalue weighted by atomic mass is 10.0. The number of piperidine rings is 1. The van der Waals surface area contributed by atoms with E-state index in [1.54, 1.807) is 24.3 Å². The summed E-state index contributed by atoms with van der Waals surface area (Å²) in [5.41, 5.74) is 0.0480. The maximum Gasteiger partial charge on any atom is 0.408 e. The minimum absolute atomic E-state index is 0.0543. The van der Waals surface area contributed by atoms with Crippen LogP contribution in [0.25, 0.3) is 10.9 Å². The largest absolute Gasteiger partial charge is 0.408 e. The first-order valence-electron chi connectivity index (χ1n) is 7.68. The first kappa shape index (κ1) is 16.5. The van der Waals surface area contributed by atoms with Crippen molar-refractivity contribution in [2.45, 2.75) is 38.0 Å². The number of carbonyl (C=O) groups excluding carboxylic acids is 1. The van der Waals surface area contributed by atoms with E-state index >= 15 is 0 Å². The topological polar surface area (TPSA) is 55.2 Å². The first-order chi connectivity index (χ1) is 11.4. The molecule has 0 radical (unpaired) electrons. The maximum atomic E-state index is 13.1. The fourth-order valence-electron chi connectivity index (χ4n) is 3.03. The summed E-state index contributed by atoms with van der Waals surface area (Å²) < 4.78 is 40.4. The molecule has 0 aliphatic carbocycles. The van der Waals surface area contributed by atoms with Gasteiger partial charge in [-0.2, -0.15) is 13.2 Å². The van der Waals surface area contributed by atoms with Crippen LogP contribution in [0.5, 0.6) is 0 Å². The average Bonchev–Trinajstić information content (AvgIpc) is 2.57. The fraction of sp³-hybridized carbons (Fsp3) is 0.438. The van der Waals surface area contributed by atoms with E-state index in [-0.39, 0.29) is 13.0 Å². The van der Waals surface area contributed by atoms with Crippen molar-refractivity contribution in [1.82, 2.24) is 14.5 Å². The van der Waals surface area contributed by atoms with Crippen molar-refractivity contribution < 1.29 is 18.0 Å². The van der Waals surface area contributed by atoms with Crippen molar-refractivity contribution >= 4 is 16.8 Å². The van der Waals surface area contributed by atoms with Gasteiger partial charge in [0.15, 0.2) is 0 Å². The molecule has 0 saturated carbocycles. The first-order valence-corrected chi connectivity index (χ1v) is 7.68. The molecule has 1 amide bonds. The van der Waals surface area contributed by atoms with Gasteiger partial charge in [-0.05, 0) is 31.4 Å². The van der Waals surface area contributed by atoms with E-state index in [4.69, 9.17) is 0 Å². The number of benzene rings is 1.